The fourth-order valence-electron chi connectivity index (χ4n) is 3.01. The summed E-state index contributed by atoms with van der Waals surface area (Å²) in [7, 11) is 0. The summed E-state index contributed by atoms with van der Waals surface area (Å²) in [6.45, 7) is 0.379. The number of benzene rings is 1. The van der Waals surface area contributed by atoms with Gasteiger partial charge in [-0.25, -0.2) is 4.68 Å². The lowest BCUT2D eigenvalue weighted by Crippen LogP contribution is -2.28. The van der Waals surface area contributed by atoms with Crippen LogP contribution in [0.3, 0.4) is 0 Å². The van der Waals surface area contributed by atoms with E-state index < -0.39 is 18.0 Å². The van der Waals surface area contributed by atoms with Crippen LogP contribution in [0, 0.1) is 13.8 Å². The lowest BCUT2D eigenvalue weighted by atomic mass is 10.0. The zero-order valence-corrected chi connectivity index (χ0v) is 15.0. The number of anilines is 1. The van der Waals surface area contributed by atoms with Gasteiger partial charge in [-0.15, -0.1) is 0 Å². The topological polar surface area (TPSA) is 129 Å². The molecule has 1 amide bonds. The summed E-state index contributed by atoms with van der Waals surface area (Å²) in [5, 5.41) is 13.6. The number of phenolic OH excluding ortho intramolecular Hbond substituents is 1. The van der Waals surface area contributed by atoms with Crippen LogP contribution in [0.25, 0.3) is 16.8 Å². The number of primary amides is 1. The molecular formula is C18H17F2N5O3. The van der Waals surface area contributed by atoms with Gasteiger partial charge in [-0.3, -0.25) is 14.2 Å². The third-order valence-corrected chi connectivity index (χ3v) is 4.44. The summed E-state index contributed by atoms with van der Waals surface area (Å²) in [5.41, 5.74) is 11.8. The molecule has 0 fully saturated rings. The van der Waals surface area contributed by atoms with Gasteiger partial charge in [0.05, 0.1) is 23.0 Å². The second-order valence-corrected chi connectivity index (χ2v) is 6.22. The van der Waals surface area contributed by atoms with E-state index in [4.69, 9.17) is 11.5 Å². The number of nitrogens with zero attached hydrogens (tertiary/aromatic N) is 3. The molecule has 146 valence electrons. The average Bonchev–Trinajstić information content (AvgIpc) is 3.11. The van der Waals surface area contributed by atoms with Gasteiger partial charge < -0.3 is 16.6 Å². The molecule has 3 aromatic rings. The Morgan fingerprint density at radius 2 is 1.96 bits per heavy atom. The number of amides is 1. The van der Waals surface area contributed by atoms with Crippen LogP contribution in [0.15, 0.2) is 35.4 Å². The molecule has 0 aliphatic carbocycles. The second-order valence-electron chi connectivity index (χ2n) is 6.22. The van der Waals surface area contributed by atoms with Crippen molar-refractivity contribution >= 4 is 11.7 Å². The zero-order valence-electron chi connectivity index (χ0n) is 15.0. The smallest absolute Gasteiger partial charge is 0.333 e. The van der Waals surface area contributed by atoms with Crippen molar-refractivity contribution < 1.29 is 18.7 Å². The Kier molecular flexibility index (Phi) is 4.63. The van der Waals surface area contributed by atoms with Gasteiger partial charge in [-0.1, -0.05) is 6.07 Å². The van der Waals surface area contributed by atoms with Crippen molar-refractivity contribution in [1.82, 2.24) is 14.3 Å². The van der Waals surface area contributed by atoms with Crippen molar-refractivity contribution in [3.8, 4) is 22.6 Å². The molecule has 0 spiro atoms. The number of rotatable bonds is 4. The van der Waals surface area contributed by atoms with Crippen LogP contribution in [0.2, 0.25) is 0 Å². The molecule has 0 saturated heterocycles. The Morgan fingerprint density at radius 1 is 1.29 bits per heavy atom. The molecule has 10 heteroatoms. The van der Waals surface area contributed by atoms with Gasteiger partial charge in [0.15, 0.2) is 0 Å². The molecule has 0 aliphatic heterocycles. The number of aromatic nitrogens is 3. The molecule has 3 rings (SSSR count). The maximum absolute atomic E-state index is 13.2. The summed E-state index contributed by atoms with van der Waals surface area (Å²) in [4.78, 5) is 25.1. The standard InChI is InChI=1S/C18H17F2N5O3/c1-8-3-4-13(26)9(2)14(8)25-15(21)12(16(22)27)5-11(17(25)28)10-6-23-24(7-10)18(19)20/h3-7,18,26H,21H2,1-2H3,(H2,22,27). The largest absolute Gasteiger partial charge is 0.508 e. The number of alkyl halides is 2. The minimum Gasteiger partial charge on any atom is -0.508 e. The predicted molar refractivity (Wildman–Crippen MR) is 98.6 cm³/mol. The summed E-state index contributed by atoms with van der Waals surface area (Å²) >= 11 is 0. The lowest BCUT2D eigenvalue weighted by molar-refractivity contribution is 0.0566. The highest BCUT2D eigenvalue weighted by molar-refractivity contribution is 5.98. The average molecular weight is 389 g/mol. The highest BCUT2D eigenvalue weighted by Gasteiger charge is 2.22. The number of aromatic hydroxyl groups is 1. The Hall–Kier alpha value is -3.69. The van der Waals surface area contributed by atoms with E-state index in [2.05, 4.69) is 5.10 Å². The molecule has 0 unspecified atom stereocenters. The van der Waals surface area contributed by atoms with Gasteiger partial charge in [0.25, 0.3) is 11.5 Å². The molecule has 0 saturated carbocycles. The minimum atomic E-state index is -2.89. The maximum Gasteiger partial charge on any atom is 0.333 e. The molecule has 2 aromatic heterocycles. The van der Waals surface area contributed by atoms with Crippen LogP contribution in [-0.4, -0.2) is 25.4 Å². The van der Waals surface area contributed by atoms with Crippen molar-refractivity contribution in [1.29, 1.82) is 0 Å². The first-order chi connectivity index (χ1) is 13.1. The van der Waals surface area contributed by atoms with Gasteiger partial charge in [0.2, 0.25) is 0 Å². The quantitative estimate of drug-likeness (QED) is 0.629. The number of nitrogens with two attached hydrogens (primary N) is 2. The SMILES string of the molecule is Cc1ccc(O)c(C)c1-n1c(N)c(C(N)=O)cc(-c2cnn(C(F)F)c2)c1=O. The van der Waals surface area contributed by atoms with Crippen molar-refractivity contribution in [2.24, 2.45) is 5.73 Å². The number of pyridine rings is 1. The fourth-order valence-corrected chi connectivity index (χ4v) is 3.01. The number of phenols is 1. The molecule has 2 heterocycles. The molecule has 8 nitrogen and oxygen atoms in total. The summed E-state index contributed by atoms with van der Waals surface area (Å²) < 4.78 is 27.1. The van der Waals surface area contributed by atoms with Crippen molar-refractivity contribution in [2.75, 3.05) is 5.73 Å². The predicted octanol–water partition coefficient (Wildman–Crippen LogP) is 2.10. The number of halogens is 2. The van der Waals surface area contributed by atoms with Crippen molar-refractivity contribution in [3.63, 3.8) is 0 Å². The summed E-state index contributed by atoms with van der Waals surface area (Å²) in [5.74, 6) is -1.20. The van der Waals surface area contributed by atoms with Gasteiger partial charge in [-0.2, -0.15) is 13.9 Å². The van der Waals surface area contributed by atoms with E-state index in [9.17, 15) is 23.5 Å². The molecule has 0 bridgehead atoms. The number of hydrogen-bond donors (Lipinski definition) is 3. The molecule has 1 aromatic carbocycles. The van der Waals surface area contributed by atoms with Crippen LogP contribution in [0.1, 0.15) is 28.0 Å². The molecular weight excluding hydrogens is 372 g/mol. The first-order valence-corrected chi connectivity index (χ1v) is 8.11. The number of carbonyl (C=O) groups excluding carboxylic acids is 1. The lowest BCUT2D eigenvalue weighted by Gasteiger charge is -2.19. The van der Waals surface area contributed by atoms with E-state index in [-0.39, 0.29) is 33.9 Å². The van der Waals surface area contributed by atoms with E-state index >= 15 is 0 Å². The Balaban J connectivity index is 2.41. The molecule has 0 aliphatic rings. The third kappa shape index (κ3) is 2.98. The Morgan fingerprint density at radius 3 is 2.54 bits per heavy atom. The minimum absolute atomic E-state index is 0.0667. The van der Waals surface area contributed by atoms with Gasteiger partial charge in [-0.05, 0) is 31.5 Å². The van der Waals surface area contributed by atoms with Gasteiger partial charge >= 0.3 is 6.55 Å². The normalized spacial score (nSPS) is 11.2. The van der Waals surface area contributed by atoms with Crippen LogP contribution in [-0.2, 0) is 0 Å². The van der Waals surface area contributed by atoms with E-state index in [1.54, 1.807) is 19.9 Å². The third-order valence-electron chi connectivity index (χ3n) is 4.44. The first-order valence-electron chi connectivity index (χ1n) is 8.11. The number of nitrogen functional groups attached to an aromatic ring is 1. The van der Waals surface area contributed by atoms with E-state index in [0.29, 0.717) is 15.8 Å². The maximum atomic E-state index is 13.2. The zero-order chi connectivity index (χ0) is 20.7. The monoisotopic (exact) mass is 389 g/mol. The van der Waals surface area contributed by atoms with Crippen LogP contribution >= 0.6 is 0 Å². The molecule has 0 atom stereocenters. The van der Waals surface area contributed by atoms with E-state index in [1.807, 2.05) is 0 Å². The number of carbonyl (C=O) groups is 1. The van der Waals surface area contributed by atoms with E-state index in [1.165, 1.54) is 6.07 Å². The molecule has 0 radical (unpaired) electrons. The second kappa shape index (κ2) is 6.80. The van der Waals surface area contributed by atoms with Crippen LogP contribution in [0.4, 0.5) is 14.6 Å². The fraction of sp³-hybridized carbons (Fsp3) is 0.167. The van der Waals surface area contributed by atoms with Crippen LogP contribution < -0.4 is 17.0 Å². The van der Waals surface area contributed by atoms with E-state index in [0.717, 1.165) is 23.0 Å². The first kappa shape index (κ1) is 19.1. The van der Waals surface area contributed by atoms with Gasteiger partial charge in [0.1, 0.15) is 11.6 Å². The van der Waals surface area contributed by atoms with Gasteiger partial charge in [0, 0.05) is 17.3 Å². The molecule has 5 N–H and O–H groups in total. The number of aryl methyl sites for hydroxylation is 1. The van der Waals surface area contributed by atoms with Crippen molar-refractivity contribution in [2.45, 2.75) is 20.4 Å². The number of hydrogen-bond acceptors (Lipinski definition) is 5. The summed E-state index contributed by atoms with van der Waals surface area (Å²) in [6.07, 6.45) is 2.06. The summed E-state index contributed by atoms with van der Waals surface area (Å²) in [6, 6.07) is 4.19. The molecule has 28 heavy (non-hydrogen) atoms. The Labute approximate surface area is 157 Å². The van der Waals surface area contributed by atoms with Crippen molar-refractivity contribution in [3.05, 3.63) is 57.6 Å². The highest BCUT2D eigenvalue weighted by atomic mass is 19.3. The Bertz CT molecular complexity index is 1150. The van der Waals surface area contributed by atoms with Crippen LogP contribution in [0.5, 0.6) is 5.75 Å². The highest BCUT2D eigenvalue weighted by Crippen LogP contribution is 2.30.